The third-order valence-corrected chi connectivity index (χ3v) is 7.25. The van der Waals surface area contributed by atoms with Crippen LogP contribution in [0.1, 0.15) is 16.7 Å². The highest BCUT2D eigenvalue weighted by Crippen LogP contribution is 2.36. The van der Waals surface area contributed by atoms with Crippen LogP contribution in [-0.4, -0.2) is 22.7 Å². The standard InChI is InChI=1S/C26H21BrN2O3S2/c1-16-6-9-20(10-7-16)29-25(31)23(34-26(29)33)14-18-4-3-5-21(13-18)32-15-24(30)28-19-8-11-22(27)17(2)12-19/h3-14H,15H2,1-2H3,(H,28,30)/b23-14-. The van der Waals surface area contributed by atoms with Crippen molar-refractivity contribution in [2.24, 2.45) is 0 Å². The fourth-order valence-electron chi connectivity index (χ4n) is 3.30. The maximum absolute atomic E-state index is 13.0. The summed E-state index contributed by atoms with van der Waals surface area (Å²) in [5.74, 6) is 0.116. The lowest BCUT2D eigenvalue weighted by Crippen LogP contribution is -2.27. The highest BCUT2D eigenvalue weighted by molar-refractivity contribution is 9.10. The van der Waals surface area contributed by atoms with E-state index in [1.165, 1.54) is 11.8 Å². The number of hydrogen-bond donors (Lipinski definition) is 1. The largest absolute Gasteiger partial charge is 0.484 e. The molecule has 1 aliphatic rings. The zero-order valence-corrected chi connectivity index (χ0v) is 21.7. The molecule has 0 spiro atoms. The summed E-state index contributed by atoms with van der Waals surface area (Å²) < 4.78 is 7.14. The van der Waals surface area contributed by atoms with Crippen LogP contribution in [0.5, 0.6) is 5.75 Å². The Morgan fingerprint density at radius 3 is 2.62 bits per heavy atom. The van der Waals surface area contributed by atoms with Gasteiger partial charge >= 0.3 is 0 Å². The van der Waals surface area contributed by atoms with E-state index in [4.69, 9.17) is 17.0 Å². The fourth-order valence-corrected chi connectivity index (χ4v) is 4.84. The molecule has 0 unspecified atom stereocenters. The van der Waals surface area contributed by atoms with E-state index in [1.807, 2.05) is 68.4 Å². The number of rotatable bonds is 6. The third kappa shape index (κ3) is 5.75. The van der Waals surface area contributed by atoms with E-state index >= 15 is 0 Å². The van der Waals surface area contributed by atoms with Crippen LogP contribution >= 0.6 is 39.9 Å². The Balaban J connectivity index is 1.41. The number of thioether (sulfide) groups is 1. The van der Waals surface area contributed by atoms with Gasteiger partial charge in [0.05, 0.1) is 10.6 Å². The van der Waals surface area contributed by atoms with Gasteiger partial charge in [0, 0.05) is 10.2 Å². The predicted octanol–water partition coefficient (Wildman–Crippen LogP) is 6.49. The quantitative estimate of drug-likeness (QED) is 0.280. The van der Waals surface area contributed by atoms with Gasteiger partial charge in [-0.1, -0.05) is 69.7 Å². The molecule has 0 radical (unpaired) electrons. The van der Waals surface area contributed by atoms with Crippen molar-refractivity contribution in [2.75, 3.05) is 16.8 Å². The molecule has 0 atom stereocenters. The van der Waals surface area contributed by atoms with Gasteiger partial charge in [0.25, 0.3) is 11.8 Å². The molecule has 5 nitrogen and oxygen atoms in total. The van der Waals surface area contributed by atoms with Crippen LogP contribution in [0.25, 0.3) is 6.08 Å². The molecule has 1 heterocycles. The van der Waals surface area contributed by atoms with Crippen LogP contribution in [0.3, 0.4) is 0 Å². The molecule has 34 heavy (non-hydrogen) atoms. The molecule has 1 aliphatic heterocycles. The number of halogens is 1. The van der Waals surface area contributed by atoms with Gasteiger partial charge in [-0.25, -0.2) is 0 Å². The molecule has 1 saturated heterocycles. The van der Waals surface area contributed by atoms with Gasteiger partial charge in [0.15, 0.2) is 10.9 Å². The highest BCUT2D eigenvalue weighted by atomic mass is 79.9. The van der Waals surface area contributed by atoms with Gasteiger partial charge < -0.3 is 10.1 Å². The molecule has 1 N–H and O–H groups in total. The van der Waals surface area contributed by atoms with Crippen molar-refractivity contribution in [1.29, 1.82) is 0 Å². The van der Waals surface area contributed by atoms with E-state index in [1.54, 1.807) is 23.1 Å². The number of carbonyl (C=O) groups excluding carboxylic acids is 2. The van der Waals surface area contributed by atoms with Gasteiger partial charge in [0.2, 0.25) is 0 Å². The minimum absolute atomic E-state index is 0.131. The van der Waals surface area contributed by atoms with Gasteiger partial charge in [-0.15, -0.1) is 0 Å². The molecular formula is C26H21BrN2O3S2. The van der Waals surface area contributed by atoms with Gasteiger partial charge in [-0.2, -0.15) is 0 Å². The van der Waals surface area contributed by atoms with E-state index in [9.17, 15) is 9.59 Å². The second-order valence-electron chi connectivity index (χ2n) is 7.73. The van der Waals surface area contributed by atoms with Crippen LogP contribution in [0.2, 0.25) is 0 Å². The van der Waals surface area contributed by atoms with Gasteiger partial charge in [-0.05, 0) is 73.5 Å². The van der Waals surface area contributed by atoms with Gasteiger partial charge in [0.1, 0.15) is 5.75 Å². The number of ether oxygens (including phenoxy) is 1. The fraction of sp³-hybridized carbons (Fsp3) is 0.115. The summed E-state index contributed by atoms with van der Waals surface area (Å²) in [5, 5.41) is 2.82. The van der Waals surface area contributed by atoms with Crippen molar-refractivity contribution in [3.63, 3.8) is 0 Å². The second kappa shape index (κ2) is 10.5. The first-order chi connectivity index (χ1) is 16.3. The monoisotopic (exact) mass is 552 g/mol. The number of carbonyl (C=O) groups is 2. The smallest absolute Gasteiger partial charge is 0.270 e. The topological polar surface area (TPSA) is 58.6 Å². The highest BCUT2D eigenvalue weighted by Gasteiger charge is 2.33. The van der Waals surface area contributed by atoms with Crippen molar-refractivity contribution in [1.82, 2.24) is 0 Å². The van der Waals surface area contributed by atoms with E-state index in [0.717, 1.165) is 26.9 Å². The van der Waals surface area contributed by atoms with Crippen LogP contribution in [0.15, 0.2) is 76.1 Å². The molecular weight excluding hydrogens is 532 g/mol. The predicted molar refractivity (Wildman–Crippen MR) is 146 cm³/mol. The van der Waals surface area contributed by atoms with Crippen molar-refractivity contribution >= 4 is 73.5 Å². The Labute approximate surface area is 216 Å². The number of hydrogen-bond acceptors (Lipinski definition) is 5. The number of thiocarbonyl (C=S) groups is 1. The lowest BCUT2D eigenvalue weighted by atomic mass is 10.2. The average molecular weight is 554 g/mol. The number of nitrogens with one attached hydrogen (secondary N) is 1. The van der Waals surface area contributed by atoms with Crippen molar-refractivity contribution in [2.45, 2.75) is 13.8 Å². The van der Waals surface area contributed by atoms with Gasteiger partial charge in [-0.3, -0.25) is 14.5 Å². The molecule has 8 heteroatoms. The first-order valence-corrected chi connectivity index (χ1v) is 12.5. The number of benzene rings is 3. The minimum atomic E-state index is -0.258. The summed E-state index contributed by atoms with van der Waals surface area (Å²) in [5.41, 5.74) is 4.38. The van der Waals surface area contributed by atoms with Crippen molar-refractivity contribution in [3.8, 4) is 5.75 Å². The van der Waals surface area contributed by atoms with Crippen LogP contribution < -0.4 is 15.0 Å². The maximum atomic E-state index is 13.0. The first-order valence-electron chi connectivity index (χ1n) is 10.4. The minimum Gasteiger partial charge on any atom is -0.484 e. The molecule has 4 rings (SSSR count). The molecule has 3 aromatic rings. The summed E-state index contributed by atoms with van der Waals surface area (Å²) in [6.45, 7) is 3.82. The molecule has 0 aromatic heterocycles. The lowest BCUT2D eigenvalue weighted by Gasteiger charge is -2.14. The molecule has 2 amide bonds. The number of amides is 2. The van der Waals surface area contributed by atoms with E-state index in [0.29, 0.717) is 20.7 Å². The molecule has 3 aromatic carbocycles. The number of nitrogens with zero attached hydrogens (tertiary/aromatic N) is 1. The zero-order chi connectivity index (χ0) is 24.2. The van der Waals surface area contributed by atoms with Crippen molar-refractivity contribution in [3.05, 3.63) is 92.8 Å². The molecule has 0 bridgehead atoms. The summed E-state index contributed by atoms with van der Waals surface area (Å²) in [6, 6.07) is 20.5. The Morgan fingerprint density at radius 2 is 1.88 bits per heavy atom. The summed E-state index contributed by atoms with van der Waals surface area (Å²) in [6.07, 6.45) is 1.78. The summed E-state index contributed by atoms with van der Waals surface area (Å²) >= 11 is 10.2. The third-order valence-electron chi connectivity index (χ3n) is 5.05. The average Bonchev–Trinajstić information content (AvgIpc) is 3.08. The Hall–Kier alpha value is -2.94. The Morgan fingerprint density at radius 1 is 1.12 bits per heavy atom. The van der Waals surface area contributed by atoms with Crippen LogP contribution in [-0.2, 0) is 9.59 Å². The van der Waals surface area contributed by atoms with Crippen LogP contribution in [0, 0.1) is 13.8 Å². The number of aryl methyl sites for hydroxylation is 2. The SMILES string of the molecule is Cc1ccc(N2C(=O)/C(=C/c3cccc(OCC(=O)Nc4ccc(Br)c(C)c4)c3)SC2=S)cc1. The maximum Gasteiger partial charge on any atom is 0.270 e. The molecule has 0 saturated carbocycles. The molecule has 1 fully saturated rings. The normalized spacial score (nSPS) is 14.6. The lowest BCUT2D eigenvalue weighted by molar-refractivity contribution is -0.118. The van der Waals surface area contributed by atoms with E-state index in [-0.39, 0.29) is 18.4 Å². The Kier molecular flexibility index (Phi) is 7.50. The van der Waals surface area contributed by atoms with E-state index in [2.05, 4.69) is 21.2 Å². The molecule has 172 valence electrons. The number of anilines is 2. The van der Waals surface area contributed by atoms with E-state index < -0.39 is 0 Å². The zero-order valence-electron chi connectivity index (χ0n) is 18.5. The summed E-state index contributed by atoms with van der Waals surface area (Å²) in [4.78, 5) is 27.4. The van der Waals surface area contributed by atoms with Crippen LogP contribution in [0.4, 0.5) is 11.4 Å². The Bertz CT molecular complexity index is 1310. The van der Waals surface area contributed by atoms with Crippen molar-refractivity contribution < 1.29 is 14.3 Å². The summed E-state index contributed by atoms with van der Waals surface area (Å²) in [7, 11) is 0. The first kappa shape index (κ1) is 24.2. The second-order valence-corrected chi connectivity index (χ2v) is 10.3. The molecule has 0 aliphatic carbocycles.